The van der Waals surface area contributed by atoms with E-state index in [1.54, 1.807) is 0 Å². The van der Waals surface area contributed by atoms with Gasteiger partial charge in [-0.25, -0.2) is 0 Å². The van der Waals surface area contributed by atoms with E-state index in [0.29, 0.717) is 6.04 Å². The van der Waals surface area contributed by atoms with E-state index in [4.69, 9.17) is 0 Å². The summed E-state index contributed by atoms with van der Waals surface area (Å²) >= 11 is 0. The molecule has 0 aromatic heterocycles. The number of benzene rings is 1. The molecule has 0 aliphatic heterocycles. The topological polar surface area (TPSA) is 12.0 Å². The third kappa shape index (κ3) is 7.69. The minimum absolute atomic E-state index is 0.543. The molecule has 1 aromatic rings. The second-order valence-corrected chi connectivity index (χ2v) is 6.30. The van der Waals surface area contributed by atoms with Crippen LogP contribution in [0.1, 0.15) is 77.3 Å². The van der Waals surface area contributed by atoms with Crippen LogP contribution >= 0.6 is 0 Å². The molecule has 20 heavy (non-hydrogen) atoms. The Balaban J connectivity index is 2.35. The Labute approximate surface area is 126 Å². The molecule has 1 N–H and O–H groups in total. The summed E-state index contributed by atoms with van der Waals surface area (Å²) in [4.78, 5) is 0. The van der Waals surface area contributed by atoms with Gasteiger partial charge in [0.1, 0.15) is 0 Å². The molecule has 1 heteroatoms. The van der Waals surface area contributed by atoms with E-state index in [-0.39, 0.29) is 0 Å². The van der Waals surface area contributed by atoms with Gasteiger partial charge in [-0.3, -0.25) is 0 Å². The van der Waals surface area contributed by atoms with E-state index in [0.717, 1.165) is 12.5 Å². The van der Waals surface area contributed by atoms with Gasteiger partial charge in [-0.15, -0.1) is 0 Å². The molecule has 0 amide bonds. The van der Waals surface area contributed by atoms with Gasteiger partial charge in [0.25, 0.3) is 0 Å². The molecule has 0 heterocycles. The lowest BCUT2D eigenvalue weighted by atomic mass is 10.00. The van der Waals surface area contributed by atoms with Gasteiger partial charge in [0.05, 0.1) is 0 Å². The van der Waals surface area contributed by atoms with Gasteiger partial charge >= 0.3 is 0 Å². The molecule has 0 saturated heterocycles. The van der Waals surface area contributed by atoms with Crippen LogP contribution in [0.25, 0.3) is 0 Å². The van der Waals surface area contributed by atoms with Crippen LogP contribution in [0, 0.1) is 5.92 Å². The van der Waals surface area contributed by atoms with E-state index in [1.807, 2.05) is 0 Å². The van der Waals surface area contributed by atoms with Crippen LogP contribution in [0.2, 0.25) is 0 Å². The fourth-order valence-corrected chi connectivity index (χ4v) is 2.62. The molecule has 0 saturated carbocycles. The summed E-state index contributed by atoms with van der Waals surface area (Å²) in [5.41, 5.74) is 1.45. The molecular formula is C19H33N. The number of hydrogen-bond acceptors (Lipinski definition) is 1. The Morgan fingerprint density at radius 1 is 0.900 bits per heavy atom. The van der Waals surface area contributed by atoms with E-state index >= 15 is 0 Å². The van der Waals surface area contributed by atoms with Crippen molar-refractivity contribution in [2.75, 3.05) is 6.54 Å². The maximum absolute atomic E-state index is 3.77. The molecular weight excluding hydrogens is 242 g/mol. The normalized spacial score (nSPS) is 12.8. The van der Waals surface area contributed by atoms with Crippen LogP contribution in [0.15, 0.2) is 30.3 Å². The largest absolute Gasteiger partial charge is 0.310 e. The molecule has 1 aromatic carbocycles. The molecule has 0 bridgehead atoms. The molecule has 1 unspecified atom stereocenters. The lowest BCUT2D eigenvalue weighted by molar-refractivity contribution is 0.452. The zero-order valence-electron chi connectivity index (χ0n) is 13.7. The van der Waals surface area contributed by atoms with Crippen molar-refractivity contribution >= 4 is 0 Å². The summed E-state index contributed by atoms with van der Waals surface area (Å²) < 4.78 is 0. The Bertz CT molecular complexity index is 318. The summed E-state index contributed by atoms with van der Waals surface area (Å²) in [6.45, 7) is 8.05. The Hall–Kier alpha value is -0.820. The van der Waals surface area contributed by atoms with Gasteiger partial charge in [0.2, 0.25) is 0 Å². The first-order valence-electron chi connectivity index (χ1n) is 8.52. The Kier molecular flexibility index (Phi) is 9.40. The van der Waals surface area contributed by atoms with Crippen LogP contribution in [0.3, 0.4) is 0 Å². The van der Waals surface area contributed by atoms with Gasteiger partial charge in [0, 0.05) is 6.04 Å². The van der Waals surface area contributed by atoms with Crippen molar-refractivity contribution in [1.82, 2.24) is 5.32 Å². The second kappa shape index (κ2) is 10.9. The highest BCUT2D eigenvalue weighted by molar-refractivity contribution is 5.18. The van der Waals surface area contributed by atoms with Crippen LogP contribution < -0.4 is 5.32 Å². The zero-order chi connectivity index (χ0) is 14.6. The average molecular weight is 275 g/mol. The third-order valence-corrected chi connectivity index (χ3v) is 3.90. The van der Waals surface area contributed by atoms with Crippen molar-refractivity contribution < 1.29 is 0 Å². The van der Waals surface area contributed by atoms with Gasteiger partial charge < -0.3 is 5.32 Å². The van der Waals surface area contributed by atoms with Gasteiger partial charge in [-0.2, -0.15) is 0 Å². The maximum atomic E-state index is 3.77. The summed E-state index contributed by atoms with van der Waals surface area (Å²) in [6, 6.07) is 11.5. The van der Waals surface area contributed by atoms with Gasteiger partial charge in [0.15, 0.2) is 0 Å². The fraction of sp³-hybridized carbons (Fsp3) is 0.684. The smallest absolute Gasteiger partial charge is 0.0320 e. The predicted octanol–water partition coefficient (Wildman–Crippen LogP) is 5.72. The van der Waals surface area contributed by atoms with Crippen molar-refractivity contribution in [2.24, 2.45) is 5.92 Å². The highest BCUT2D eigenvalue weighted by Crippen LogP contribution is 2.20. The van der Waals surface area contributed by atoms with E-state index < -0.39 is 0 Å². The van der Waals surface area contributed by atoms with Crippen LogP contribution in [0.5, 0.6) is 0 Å². The van der Waals surface area contributed by atoms with Crippen LogP contribution in [0.4, 0.5) is 0 Å². The second-order valence-electron chi connectivity index (χ2n) is 6.30. The Morgan fingerprint density at radius 3 is 2.25 bits per heavy atom. The quantitative estimate of drug-likeness (QED) is 0.509. The van der Waals surface area contributed by atoms with Crippen LogP contribution in [-0.2, 0) is 0 Å². The van der Waals surface area contributed by atoms with E-state index in [9.17, 15) is 0 Å². The molecule has 0 spiro atoms. The molecule has 1 nitrogen and oxygen atoms in total. The van der Waals surface area contributed by atoms with E-state index in [1.165, 1.54) is 50.5 Å². The standard InChI is InChI=1S/C19H33N/c1-4-5-7-15-19(18-13-8-6-9-14-18)20-16-11-10-12-17(2)3/h6,8-9,13-14,17,19-20H,4-5,7,10-12,15-16H2,1-3H3. The minimum Gasteiger partial charge on any atom is -0.310 e. The van der Waals surface area contributed by atoms with Crippen molar-refractivity contribution in [1.29, 1.82) is 0 Å². The summed E-state index contributed by atoms with van der Waals surface area (Å²) in [5.74, 6) is 0.837. The Morgan fingerprint density at radius 2 is 1.60 bits per heavy atom. The fourth-order valence-electron chi connectivity index (χ4n) is 2.62. The average Bonchev–Trinajstić information content (AvgIpc) is 2.46. The number of unbranched alkanes of at least 4 members (excludes halogenated alkanes) is 3. The highest BCUT2D eigenvalue weighted by Gasteiger charge is 2.09. The number of hydrogen-bond donors (Lipinski definition) is 1. The first-order valence-corrected chi connectivity index (χ1v) is 8.52. The van der Waals surface area contributed by atoms with Crippen molar-refractivity contribution in [3.63, 3.8) is 0 Å². The SMILES string of the molecule is CCCCCC(NCCCCC(C)C)c1ccccc1. The molecule has 1 atom stereocenters. The maximum Gasteiger partial charge on any atom is 0.0320 e. The zero-order valence-corrected chi connectivity index (χ0v) is 13.7. The number of rotatable bonds is 11. The van der Waals surface area contributed by atoms with Crippen molar-refractivity contribution in [3.8, 4) is 0 Å². The van der Waals surface area contributed by atoms with Crippen molar-refractivity contribution in [3.05, 3.63) is 35.9 Å². The first-order chi connectivity index (χ1) is 9.74. The lowest BCUT2D eigenvalue weighted by Crippen LogP contribution is -2.22. The first kappa shape index (κ1) is 17.2. The molecule has 0 radical (unpaired) electrons. The third-order valence-electron chi connectivity index (χ3n) is 3.90. The monoisotopic (exact) mass is 275 g/mol. The summed E-state index contributed by atoms with van der Waals surface area (Å²) in [7, 11) is 0. The number of nitrogens with one attached hydrogen (secondary N) is 1. The molecule has 0 aliphatic carbocycles. The summed E-state index contributed by atoms with van der Waals surface area (Å²) in [6.07, 6.45) is 9.25. The lowest BCUT2D eigenvalue weighted by Gasteiger charge is -2.19. The summed E-state index contributed by atoms with van der Waals surface area (Å²) in [5, 5.41) is 3.77. The molecule has 1 rings (SSSR count). The predicted molar refractivity (Wildman–Crippen MR) is 90.0 cm³/mol. The highest BCUT2D eigenvalue weighted by atomic mass is 14.9. The van der Waals surface area contributed by atoms with Crippen molar-refractivity contribution in [2.45, 2.75) is 71.8 Å². The van der Waals surface area contributed by atoms with Crippen LogP contribution in [-0.4, -0.2) is 6.54 Å². The molecule has 0 fully saturated rings. The minimum atomic E-state index is 0.543. The molecule has 0 aliphatic rings. The molecule has 114 valence electrons. The van der Waals surface area contributed by atoms with Gasteiger partial charge in [-0.1, -0.05) is 83.2 Å². The van der Waals surface area contributed by atoms with Gasteiger partial charge in [-0.05, 0) is 30.9 Å². The van der Waals surface area contributed by atoms with E-state index in [2.05, 4.69) is 56.4 Å².